The van der Waals surface area contributed by atoms with Gasteiger partial charge in [0.1, 0.15) is 11.0 Å². The fourth-order valence-electron chi connectivity index (χ4n) is 2.19. The van der Waals surface area contributed by atoms with E-state index >= 15 is 0 Å². The zero-order valence-corrected chi connectivity index (χ0v) is 11.7. The number of hydrogen-bond acceptors (Lipinski definition) is 4. The second-order valence-electron chi connectivity index (χ2n) is 4.69. The summed E-state index contributed by atoms with van der Waals surface area (Å²) < 4.78 is 27.9. The Labute approximate surface area is 112 Å². The Balaban J connectivity index is 2.06. The third-order valence-electron chi connectivity index (χ3n) is 3.30. The smallest absolute Gasteiger partial charge is 0.262 e. The third kappa shape index (κ3) is 3.36. The van der Waals surface area contributed by atoms with Crippen LogP contribution in [0, 0.1) is 5.92 Å². The number of ether oxygens (including phenoxy) is 1. The first kappa shape index (κ1) is 13.6. The van der Waals surface area contributed by atoms with Gasteiger partial charge in [-0.1, -0.05) is 13.3 Å². The fourth-order valence-corrected chi connectivity index (χ4v) is 2.88. The van der Waals surface area contributed by atoms with Gasteiger partial charge < -0.3 is 4.74 Å². The number of rotatable bonds is 3. The number of halogens is 1. The summed E-state index contributed by atoms with van der Waals surface area (Å²) in [7, 11) is 1.51. The Morgan fingerprint density at radius 1 is 1.33 bits per heavy atom. The second kappa shape index (κ2) is 5.45. The van der Waals surface area contributed by atoms with Gasteiger partial charge in [0.15, 0.2) is 0 Å². The van der Waals surface area contributed by atoms with Gasteiger partial charge in [-0.05, 0) is 31.2 Å². The van der Waals surface area contributed by atoms with Crippen molar-refractivity contribution >= 4 is 19.7 Å². The lowest BCUT2D eigenvalue weighted by atomic mass is 9.88. The van der Waals surface area contributed by atoms with Gasteiger partial charge in [-0.15, -0.1) is 0 Å². The summed E-state index contributed by atoms with van der Waals surface area (Å²) in [5.41, 5.74) is 0. The first-order valence-electron chi connectivity index (χ1n) is 6.04. The molecule has 0 saturated heterocycles. The van der Waals surface area contributed by atoms with Crippen LogP contribution < -0.4 is 4.74 Å². The molecule has 100 valence electrons. The molecule has 0 N–H and O–H groups in total. The van der Waals surface area contributed by atoms with Crippen molar-refractivity contribution in [2.45, 2.75) is 43.6 Å². The molecule has 0 spiro atoms. The van der Waals surface area contributed by atoms with E-state index in [0.717, 1.165) is 6.42 Å². The molecule has 1 aromatic rings. The van der Waals surface area contributed by atoms with Crippen molar-refractivity contribution in [2.24, 2.45) is 5.92 Å². The van der Waals surface area contributed by atoms with Crippen LogP contribution in [0.2, 0.25) is 0 Å². The third-order valence-corrected chi connectivity index (χ3v) is 4.63. The Bertz CT molecular complexity index is 501. The van der Waals surface area contributed by atoms with Crippen LogP contribution in [0.1, 0.15) is 32.6 Å². The SMILES string of the molecule is CC1CCCCC1Oc1ccc(S(=O)(=O)Cl)cn1. The van der Waals surface area contributed by atoms with E-state index in [2.05, 4.69) is 11.9 Å². The maximum atomic E-state index is 11.1. The molecule has 2 rings (SSSR count). The zero-order chi connectivity index (χ0) is 13.2. The van der Waals surface area contributed by atoms with Gasteiger partial charge in [0.25, 0.3) is 9.05 Å². The monoisotopic (exact) mass is 289 g/mol. The molecule has 0 bridgehead atoms. The Kier molecular flexibility index (Phi) is 4.12. The average Bonchev–Trinajstić information content (AvgIpc) is 2.32. The molecule has 1 saturated carbocycles. The van der Waals surface area contributed by atoms with E-state index in [1.165, 1.54) is 31.5 Å². The highest BCUT2D eigenvalue weighted by Crippen LogP contribution is 2.27. The predicted molar refractivity (Wildman–Crippen MR) is 69.3 cm³/mol. The molecule has 4 nitrogen and oxygen atoms in total. The van der Waals surface area contributed by atoms with Crippen molar-refractivity contribution in [1.29, 1.82) is 0 Å². The van der Waals surface area contributed by atoms with Crippen LogP contribution in [-0.4, -0.2) is 19.5 Å². The van der Waals surface area contributed by atoms with Crippen molar-refractivity contribution in [1.82, 2.24) is 4.98 Å². The first-order valence-corrected chi connectivity index (χ1v) is 8.35. The van der Waals surface area contributed by atoms with E-state index in [4.69, 9.17) is 15.4 Å². The van der Waals surface area contributed by atoms with Crippen LogP contribution in [0.25, 0.3) is 0 Å². The van der Waals surface area contributed by atoms with Crippen LogP contribution in [0.4, 0.5) is 0 Å². The minimum Gasteiger partial charge on any atom is -0.474 e. The Hall–Kier alpha value is -0.810. The van der Waals surface area contributed by atoms with Crippen molar-refractivity contribution in [3.63, 3.8) is 0 Å². The first-order chi connectivity index (χ1) is 8.47. The topological polar surface area (TPSA) is 56.3 Å². The molecule has 0 aromatic carbocycles. The quantitative estimate of drug-likeness (QED) is 0.803. The van der Waals surface area contributed by atoms with Crippen LogP contribution in [0.3, 0.4) is 0 Å². The molecule has 1 aliphatic carbocycles. The molecule has 1 heterocycles. The van der Waals surface area contributed by atoms with E-state index in [1.807, 2.05) is 0 Å². The van der Waals surface area contributed by atoms with Gasteiger partial charge in [0.2, 0.25) is 5.88 Å². The standard InChI is InChI=1S/C12H16ClNO3S/c1-9-4-2-3-5-11(9)17-12-7-6-10(8-14-12)18(13,15)16/h6-9,11H,2-5H2,1H3. The molecule has 1 aliphatic rings. The normalized spacial score (nSPS) is 24.8. The van der Waals surface area contributed by atoms with Crippen molar-refractivity contribution in [3.05, 3.63) is 18.3 Å². The van der Waals surface area contributed by atoms with E-state index in [9.17, 15) is 8.42 Å². The van der Waals surface area contributed by atoms with E-state index < -0.39 is 9.05 Å². The molecular weight excluding hydrogens is 274 g/mol. The summed E-state index contributed by atoms with van der Waals surface area (Å²) in [4.78, 5) is 3.98. The van der Waals surface area contributed by atoms with Gasteiger partial charge in [0, 0.05) is 16.7 Å². The van der Waals surface area contributed by atoms with Crippen molar-refractivity contribution in [2.75, 3.05) is 0 Å². The molecule has 0 amide bonds. The summed E-state index contributed by atoms with van der Waals surface area (Å²) in [5.74, 6) is 0.967. The van der Waals surface area contributed by atoms with Crippen molar-refractivity contribution in [3.8, 4) is 5.88 Å². The fraction of sp³-hybridized carbons (Fsp3) is 0.583. The number of hydrogen-bond donors (Lipinski definition) is 0. The second-order valence-corrected chi connectivity index (χ2v) is 7.25. The highest BCUT2D eigenvalue weighted by Gasteiger charge is 2.23. The van der Waals surface area contributed by atoms with Gasteiger partial charge >= 0.3 is 0 Å². The molecule has 2 unspecified atom stereocenters. The predicted octanol–water partition coefficient (Wildman–Crippen LogP) is 2.97. The van der Waals surface area contributed by atoms with Gasteiger partial charge in [-0.3, -0.25) is 0 Å². The van der Waals surface area contributed by atoms with Gasteiger partial charge in [0.05, 0.1) is 6.20 Å². The molecular formula is C12H16ClNO3S. The minimum atomic E-state index is -3.71. The van der Waals surface area contributed by atoms with E-state index in [-0.39, 0.29) is 11.0 Å². The highest BCUT2D eigenvalue weighted by molar-refractivity contribution is 8.13. The van der Waals surface area contributed by atoms with Gasteiger partial charge in [-0.25, -0.2) is 13.4 Å². The van der Waals surface area contributed by atoms with Crippen molar-refractivity contribution < 1.29 is 13.2 Å². The molecule has 1 aromatic heterocycles. The largest absolute Gasteiger partial charge is 0.474 e. The number of aromatic nitrogens is 1. The number of pyridine rings is 1. The Morgan fingerprint density at radius 3 is 2.61 bits per heavy atom. The van der Waals surface area contributed by atoms with E-state index in [1.54, 1.807) is 6.07 Å². The molecule has 0 radical (unpaired) electrons. The molecule has 6 heteroatoms. The summed E-state index contributed by atoms with van der Waals surface area (Å²) in [6.45, 7) is 2.17. The maximum Gasteiger partial charge on any atom is 0.262 e. The summed E-state index contributed by atoms with van der Waals surface area (Å²) in [6.07, 6.45) is 6.01. The van der Waals surface area contributed by atoms with Crippen LogP contribution in [0.15, 0.2) is 23.2 Å². The van der Waals surface area contributed by atoms with Crippen LogP contribution in [0.5, 0.6) is 5.88 Å². The minimum absolute atomic E-state index is 0.00629. The lowest BCUT2D eigenvalue weighted by molar-refractivity contribution is 0.0975. The molecule has 1 fully saturated rings. The van der Waals surface area contributed by atoms with Crippen LogP contribution in [-0.2, 0) is 9.05 Å². The summed E-state index contributed by atoms with van der Waals surface area (Å²) in [6, 6.07) is 2.97. The lowest BCUT2D eigenvalue weighted by Crippen LogP contribution is -2.28. The molecule has 2 atom stereocenters. The maximum absolute atomic E-state index is 11.1. The average molecular weight is 290 g/mol. The lowest BCUT2D eigenvalue weighted by Gasteiger charge is -2.28. The van der Waals surface area contributed by atoms with Gasteiger partial charge in [-0.2, -0.15) is 0 Å². The summed E-state index contributed by atoms with van der Waals surface area (Å²) in [5, 5.41) is 0. The van der Waals surface area contributed by atoms with E-state index in [0.29, 0.717) is 11.8 Å². The summed E-state index contributed by atoms with van der Waals surface area (Å²) >= 11 is 0. The Morgan fingerprint density at radius 2 is 2.06 bits per heavy atom. The zero-order valence-electron chi connectivity index (χ0n) is 10.2. The van der Waals surface area contributed by atoms with Crippen LogP contribution >= 0.6 is 10.7 Å². The molecule has 0 aliphatic heterocycles. The molecule has 18 heavy (non-hydrogen) atoms. The highest BCUT2D eigenvalue weighted by atomic mass is 35.7. The number of nitrogens with zero attached hydrogens (tertiary/aromatic N) is 1.